The van der Waals surface area contributed by atoms with Gasteiger partial charge < -0.3 is 14.5 Å². The Labute approximate surface area is 216 Å². The Hall–Kier alpha value is -3.18. The van der Waals surface area contributed by atoms with Gasteiger partial charge in [-0.1, -0.05) is 55.5 Å². The normalized spacial score (nSPS) is 16.3. The molecule has 0 spiro atoms. The van der Waals surface area contributed by atoms with E-state index in [0.29, 0.717) is 17.5 Å². The largest absolute Gasteiger partial charge is 0.497 e. The molecule has 1 saturated heterocycles. The van der Waals surface area contributed by atoms with Gasteiger partial charge >= 0.3 is 0 Å². The number of likely N-dealkylation sites (tertiary alicyclic amines) is 1. The van der Waals surface area contributed by atoms with Crippen molar-refractivity contribution in [3.63, 3.8) is 0 Å². The van der Waals surface area contributed by atoms with Crippen LogP contribution in [0.2, 0.25) is 0 Å². The van der Waals surface area contributed by atoms with E-state index in [9.17, 15) is 4.79 Å². The van der Waals surface area contributed by atoms with E-state index < -0.39 is 0 Å². The lowest BCUT2D eigenvalue weighted by atomic mass is 9.84. The molecule has 1 aliphatic rings. The van der Waals surface area contributed by atoms with Gasteiger partial charge in [-0.25, -0.2) is 0 Å². The minimum absolute atomic E-state index is 0.0115. The van der Waals surface area contributed by atoms with Crippen molar-refractivity contribution in [2.24, 2.45) is 5.92 Å². The van der Waals surface area contributed by atoms with Crippen LogP contribution in [0.15, 0.2) is 79.0 Å². The zero-order valence-electron chi connectivity index (χ0n) is 21.8. The Morgan fingerprint density at radius 2 is 1.81 bits per heavy atom. The molecule has 0 radical (unpaired) electrons. The van der Waals surface area contributed by atoms with E-state index in [1.807, 2.05) is 36.2 Å². The first-order valence-corrected chi connectivity index (χ1v) is 13.1. The summed E-state index contributed by atoms with van der Waals surface area (Å²) in [6.45, 7) is 5.59. The number of carbonyl (C=O) groups excluding carboxylic acids is 1. The maximum atomic E-state index is 13.3. The van der Waals surface area contributed by atoms with Crippen LogP contribution in [0.3, 0.4) is 0 Å². The number of pyridine rings is 1. The first-order chi connectivity index (χ1) is 17.5. The van der Waals surface area contributed by atoms with E-state index in [4.69, 9.17) is 4.74 Å². The van der Waals surface area contributed by atoms with Gasteiger partial charge in [0.2, 0.25) is 0 Å². The minimum Gasteiger partial charge on any atom is -0.497 e. The Morgan fingerprint density at radius 3 is 2.50 bits per heavy atom. The van der Waals surface area contributed by atoms with Crippen molar-refractivity contribution in [2.75, 3.05) is 33.8 Å². The molecule has 1 fully saturated rings. The third-order valence-electron chi connectivity index (χ3n) is 7.70. The predicted molar refractivity (Wildman–Crippen MR) is 145 cm³/mol. The second-order valence-electron chi connectivity index (χ2n) is 10.0. The van der Waals surface area contributed by atoms with Crippen LogP contribution >= 0.6 is 0 Å². The van der Waals surface area contributed by atoms with Crippen molar-refractivity contribution in [1.82, 2.24) is 14.8 Å². The molecule has 2 heterocycles. The number of nitrogens with zero attached hydrogens (tertiary/aromatic N) is 3. The van der Waals surface area contributed by atoms with Gasteiger partial charge in [0.25, 0.3) is 5.91 Å². The summed E-state index contributed by atoms with van der Waals surface area (Å²) in [4.78, 5) is 22.2. The first kappa shape index (κ1) is 25.9. The molecule has 0 saturated carbocycles. The topological polar surface area (TPSA) is 45.7 Å². The smallest absolute Gasteiger partial charge is 0.272 e. The molecule has 1 aliphatic heterocycles. The zero-order chi connectivity index (χ0) is 25.3. The number of piperidine rings is 1. The third kappa shape index (κ3) is 6.73. The number of benzene rings is 2. The van der Waals surface area contributed by atoms with E-state index in [1.165, 1.54) is 17.5 Å². The lowest BCUT2D eigenvalue weighted by molar-refractivity contribution is 0.0583. The molecule has 0 aliphatic carbocycles. The molecule has 2 atom stereocenters. The molecule has 1 amide bonds. The number of hydrogen-bond acceptors (Lipinski definition) is 4. The van der Waals surface area contributed by atoms with Crippen LogP contribution < -0.4 is 4.74 Å². The van der Waals surface area contributed by atoms with Gasteiger partial charge in [0.05, 0.1) is 7.11 Å². The monoisotopic (exact) mass is 485 g/mol. The minimum atomic E-state index is -0.0115. The molecule has 0 N–H and O–H groups in total. The second kappa shape index (κ2) is 12.7. The molecule has 190 valence electrons. The van der Waals surface area contributed by atoms with E-state index >= 15 is 0 Å². The van der Waals surface area contributed by atoms with Crippen molar-refractivity contribution in [2.45, 2.75) is 44.6 Å². The van der Waals surface area contributed by atoms with Crippen molar-refractivity contribution in [1.29, 1.82) is 0 Å². The number of carbonyl (C=O) groups is 1. The zero-order valence-corrected chi connectivity index (χ0v) is 21.8. The molecule has 3 aromatic rings. The Morgan fingerprint density at radius 1 is 1.06 bits per heavy atom. The van der Waals surface area contributed by atoms with Gasteiger partial charge in [0.15, 0.2) is 0 Å². The van der Waals surface area contributed by atoms with Crippen molar-refractivity contribution in [3.05, 3.63) is 95.8 Å². The standard InChI is InChI=1S/C31H39N3O2/c1-24(26-11-5-4-6-12-26)15-19-34-20-16-27(17-21-34)30(23-25-10-9-13-28(22-25)36-3)33(2)31(35)29-14-7-8-18-32-29/h4-14,18,22,24,27,30H,15-17,19-21,23H2,1-3H3/t24-,30+/m1/s1. The van der Waals surface area contributed by atoms with Gasteiger partial charge in [0, 0.05) is 19.3 Å². The number of likely N-dealkylation sites (N-methyl/N-ethyl adjacent to an activating group) is 1. The van der Waals surface area contributed by atoms with Gasteiger partial charge in [-0.2, -0.15) is 0 Å². The number of aromatic nitrogens is 1. The lowest BCUT2D eigenvalue weighted by Crippen LogP contribution is -2.47. The van der Waals surface area contributed by atoms with Crippen LogP contribution in [0, 0.1) is 5.92 Å². The highest BCUT2D eigenvalue weighted by Crippen LogP contribution is 2.29. The van der Waals surface area contributed by atoms with E-state index in [-0.39, 0.29) is 11.9 Å². The molecule has 36 heavy (non-hydrogen) atoms. The fourth-order valence-electron chi connectivity index (χ4n) is 5.37. The van der Waals surface area contributed by atoms with Crippen molar-refractivity contribution < 1.29 is 9.53 Å². The molecule has 1 aromatic heterocycles. The predicted octanol–water partition coefficient (Wildman–Crippen LogP) is 5.68. The first-order valence-electron chi connectivity index (χ1n) is 13.1. The van der Waals surface area contributed by atoms with Gasteiger partial charge in [0.1, 0.15) is 11.4 Å². The van der Waals surface area contributed by atoms with Gasteiger partial charge in [-0.3, -0.25) is 9.78 Å². The SMILES string of the molecule is COc1cccc(C[C@@H](C2CCN(CC[C@@H](C)c3ccccc3)CC2)N(C)C(=O)c2ccccn2)c1. The molecule has 5 heteroatoms. The molecule has 4 rings (SSSR count). The molecular weight excluding hydrogens is 446 g/mol. The summed E-state index contributed by atoms with van der Waals surface area (Å²) in [7, 11) is 3.64. The molecule has 0 bridgehead atoms. The summed E-state index contributed by atoms with van der Waals surface area (Å²) >= 11 is 0. The third-order valence-corrected chi connectivity index (χ3v) is 7.70. The quantitative estimate of drug-likeness (QED) is 0.371. The number of hydrogen-bond donors (Lipinski definition) is 0. The fourth-order valence-corrected chi connectivity index (χ4v) is 5.37. The van der Waals surface area contributed by atoms with Crippen LogP contribution in [0.1, 0.15) is 53.7 Å². The van der Waals surface area contributed by atoms with E-state index in [2.05, 4.69) is 59.3 Å². The number of rotatable bonds is 10. The summed E-state index contributed by atoms with van der Waals surface area (Å²) in [6, 6.07) is 24.7. The number of ether oxygens (including phenoxy) is 1. The molecule has 5 nitrogen and oxygen atoms in total. The Bertz CT molecular complexity index is 1080. The average Bonchev–Trinajstić information content (AvgIpc) is 2.95. The Balaban J connectivity index is 1.41. The van der Waals surface area contributed by atoms with Crippen LogP contribution in [0.25, 0.3) is 0 Å². The fraction of sp³-hybridized carbons (Fsp3) is 0.419. The summed E-state index contributed by atoms with van der Waals surface area (Å²) in [5.74, 6) is 1.85. The highest BCUT2D eigenvalue weighted by molar-refractivity contribution is 5.92. The summed E-state index contributed by atoms with van der Waals surface area (Å²) < 4.78 is 5.45. The summed E-state index contributed by atoms with van der Waals surface area (Å²) in [6.07, 6.45) is 5.84. The van der Waals surface area contributed by atoms with Crippen molar-refractivity contribution in [3.8, 4) is 5.75 Å². The van der Waals surface area contributed by atoms with Crippen molar-refractivity contribution >= 4 is 5.91 Å². The average molecular weight is 486 g/mol. The van der Waals surface area contributed by atoms with Crippen LogP contribution in [0.5, 0.6) is 5.75 Å². The number of amides is 1. The highest BCUT2D eigenvalue weighted by Gasteiger charge is 2.32. The Kier molecular flexibility index (Phi) is 9.12. The maximum absolute atomic E-state index is 13.3. The van der Waals surface area contributed by atoms with Gasteiger partial charge in [-0.15, -0.1) is 0 Å². The van der Waals surface area contributed by atoms with Crippen LogP contribution in [-0.2, 0) is 6.42 Å². The molecular formula is C31H39N3O2. The van der Waals surface area contributed by atoms with Crippen LogP contribution in [-0.4, -0.2) is 60.5 Å². The number of methoxy groups -OCH3 is 1. The lowest BCUT2D eigenvalue weighted by Gasteiger charge is -2.40. The highest BCUT2D eigenvalue weighted by atomic mass is 16.5. The molecule has 0 unspecified atom stereocenters. The van der Waals surface area contributed by atoms with E-state index in [1.54, 1.807) is 19.4 Å². The second-order valence-corrected chi connectivity index (χ2v) is 10.0. The summed E-state index contributed by atoms with van der Waals surface area (Å²) in [5.41, 5.74) is 3.11. The van der Waals surface area contributed by atoms with E-state index in [0.717, 1.165) is 44.6 Å². The summed E-state index contributed by atoms with van der Waals surface area (Å²) in [5, 5.41) is 0. The molecule has 2 aromatic carbocycles. The van der Waals surface area contributed by atoms with Gasteiger partial charge in [-0.05, 0) is 92.5 Å². The maximum Gasteiger partial charge on any atom is 0.272 e. The van der Waals surface area contributed by atoms with Crippen LogP contribution in [0.4, 0.5) is 0 Å².